The summed E-state index contributed by atoms with van der Waals surface area (Å²) >= 11 is 9.24. The van der Waals surface area contributed by atoms with Crippen LogP contribution in [0, 0.1) is 5.92 Å². The van der Waals surface area contributed by atoms with E-state index in [1.165, 1.54) is 23.1 Å². The Hall–Kier alpha value is -1.26. The number of benzene rings is 1. The Morgan fingerprint density at radius 1 is 1.14 bits per heavy atom. The number of nitrogens with one attached hydrogen (secondary N) is 1. The molecule has 12 heteroatoms. The summed E-state index contributed by atoms with van der Waals surface area (Å²) in [6.45, 7) is 10.4. The SMILES string of the molecule is CCOP(=O)(Cc1nc2nc(SC(C)c3ccccc3Cl)nc(NC(CO)CC(C)C)c2s1)OCC. The lowest BCUT2D eigenvalue weighted by molar-refractivity contribution is 0.219. The molecule has 2 N–H and O–H groups in total. The number of aliphatic hydroxyl groups excluding tert-OH is 1. The topological polar surface area (TPSA) is 106 Å². The third-order valence-electron chi connectivity index (χ3n) is 5.20. The van der Waals surface area contributed by atoms with E-state index in [0.717, 1.165) is 16.7 Å². The highest BCUT2D eigenvalue weighted by Crippen LogP contribution is 2.52. The quantitative estimate of drug-likeness (QED) is 0.118. The largest absolute Gasteiger partial charge is 0.394 e. The summed E-state index contributed by atoms with van der Waals surface area (Å²) in [6, 6.07) is 7.53. The molecule has 0 aliphatic carbocycles. The van der Waals surface area contributed by atoms with Gasteiger partial charge in [0.15, 0.2) is 16.6 Å². The van der Waals surface area contributed by atoms with E-state index in [1.807, 2.05) is 24.3 Å². The Balaban J connectivity index is 2.00. The summed E-state index contributed by atoms with van der Waals surface area (Å²) in [5.74, 6) is 0.987. The molecule has 0 aliphatic heterocycles. The van der Waals surface area contributed by atoms with Gasteiger partial charge in [-0.25, -0.2) is 15.0 Å². The van der Waals surface area contributed by atoms with Crippen LogP contribution in [-0.2, 0) is 19.8 Å². The highest BCUT2D eigenvalue weighted by Gasteiger charge is 2.27. The number of hydrogen-bond donors (Lipinski definition) is 2. The first-order valence-corrected chi connectivity index (χ1v) is 15.8. The zero-order chi connectivity index (χ0) is 26.3. The summed E-state index contributed by atoms with van der Waals surface area (Å²) in [5.41, 5.74) is 1.49. The minimum atomic E-state index is -3.32. The van der Waals surface area contributed by atoms with Crippen LogP contribution < -0.4 is 5.32 Å². The van der Waals surface area contributed by atoms with Gasteiger partial charge < -0.3 is 19.5 Å². The number of thioether (sulfide) groups is 1. The van der Waals surface area contributed by atoms with Crippen LogP contribution in [-0.4, -0.2) is 45.9 Å². The Morgan fingerprint density at radius 2 is 1.83 bits per heavy atom. The first-order chi connectivity index (χ1) is 17.2. The molecule has 0 radical (unpaired) electrons. The summed E-state index contributed by atoms with van der Waals surface area (Å²) in [7, 11) is -3.32. The number of aliphatic hydroxyl groups is 1. The van der Waals surface area contributed by atoms with E-state index < -0.39 is 7.60 Å². The predicted molar refractivity (Wildman–Crippen MR) is 149 cm³/mol. The second kappa shape index (κ2) is 13.5. The molecule has 1 aromatic carbocycles. The molecule has 36 heavy (non-hydrogen) atoms. The van der Waals surface area contributed by atoms with Crippen molar-refractivity contribution in [2.75, 3.05) is 25.1 Å². The van der Waals surface area contributed by atoms with E-state index in [4.69, 9.17) is 30.6 Å². The van der Waals surface area contributed by atoms with Crippen molar-refractivity contribution in [2.24, 2.45) is 5.92 Å². The van der Waals surface area contributed by atoms with Gasteiger partial charge in [0, 0.05) is 10.3 Å². The van der Waals surface area contributed by atoms with Crippen LogP contribution in [0.1, 0.15) is 56.9 Å². The lowest BCUT2D eigenvalue weighted by atomic mass is 10.0. The van der Waals surface area contributed by atoms with E-state index in [2.05, 4.69) is 31.1 Å². The minimum Gasteiger partial charge on any atom is -0.394 e. The van der Waals surface area contributed by atoms with Crippen molar-refractivity contribution >= 4 is 58.5 Å². The fraction of sp³-hybridized carbons (Fsp3) is 0.542. The fourth-order valence-corrected chi connectivity index (χ4v) is 7.95. The molecule has 0 saturated heterocycles. The molecule has 3 rings (SSSR count). The van der Waals surface area contributed by atoms with Crippen LogP contribution in [0.25, 0.3) is 10.3 Å². The predicted octanol–water partition coefficient (Wildman–Crippen LogP) is 7.18. The average Bonchev–Trinajstić information content (AvgIpc) is 3.20. The average molecular weight is 573 g/mol. The number of anilines is 1. The first kappa shape index (κ1) is 29.3. The standard InChI is InChI=1S/C24H34ClN4O4PS2/c1-6-32-34(31,33-7-2)14-20-27-23-21(36-20)22(26-17(13-30)12-15(3)4)28-24(29-23)35-16(5)18-10-8-9-11-19(18)25/h8-11,15-17,30H,6-7,12-14H2,1-5H3,(H,26,28,29). The summed E-state index contributed by atoms with van der Waals surface area (Å²) in [6.07, 6.45) is 0.832. The molecule has 0 bridgehead atoms. The van der Waals surface area contributed by atoms with Crippen LogP contribution in [0.2, 0.25) is 5.02 Å². The van der Waals surface area contributed by atoms with Crippen molar-refractivity contribution in [1.82, 2.24) is 15.0 Å². The van der Waals surface area contributed by atoms with Crippen molar-refractivity contribution in [1.29, 1.82) is 0 Å². The van der Waals surface area contributed by atoms with Crippen molar-refractivity contribution in [3.05, 3.63) is 39.9 Å². The molecule has 0 amide bonds. The number of aromatic nitrogens is 3. The zero-order valence-electron chi connectivity index (χ0n) is 21.2. The second-order valence-electron chi connectivity index (χ2n) is 8.65. The number of nitrogens with zero attached hydrogens (tertiary/aromatic N) is 3. The molecule has 3 aromatic rings. The number of thiazole rings is 1. The smallest absolute Gasteiger partial charge is 0.337 e. The highest BCUT2D eigenvalue weighted by atomic mass is 35.5. The Labute approximate surface area is 226 Å². The summed E-state index contributed by atoms with van der Waals surface area (Å²) < 4.78 is 24.8. The van der Waals surface area contributed by atoms with Crippen molar-refractivity contribution in [2.45, 2.75) is 63.6 Å². The molecular weight excluding hydrogens is 539 g/mol. The molecule has 0 fully saturated rings. The van der Waals surface area contributed by atoms with Gasteiger partial charge in [0.2, 0.25) is 0 Å². The number of halogens is 1. The molecule has 0 saturated carbocycles. The minimum absolute atomic E-state index is 0.00235. The molecule has 2 atom stereocenters. The first-order valence-electron chi connectivity index (χ1n) is 12.0. The fourth-order valence-electron chi connectivity index (χ4n) is 3.72. The number of fused-ring (bicyclic) bond motifs is 1. The van der Waals surface area contributed by atoms with Crippen molar-refractivity contribution < 1.29 is 18.7 Å². The van der Waals surface area contributed by atoms with Gasteiger partial charge in [0.25, 0.3) is 0 Å². The van der Waals surface area contributed by atoms with E-state index in [-0.39, 0.29) is 37.3 Å². The lowest BCUT2D eigenvalue weighted by Crippen LogP contribution is -2.26. The van der Waals surface area contributed by atoms with Crippen LogP contribution in [0.15, 0.2) is 29.4 Å². The third-order valence-corrected chi connectivity index (χ3v) is 9.80. The number of hydrogen-bond acceptors (Lipinski definition) is 10. The summed E-state index contributed by atoms with van der Waals surface area (Å²) in [5, 5.41) is 15.2. The maximum Gasteiger partial charge on any atom is 0.337 e. The molecule has 0 spiro atoms. The molecule has 198 valence electrons. The van der Waals surface area contributed by atoms with Gasteiger partial charge in [-0.1, -0.05) is 55.4 Å². The molecule has 0 aliphatic rings. The Morgan fingerprint density at radius 3 is 2.44 bits per heavy atom. The molecular formula is C24H34ClN4O4PS2. The van der Waals surface area contributed by atoms with E-state index >= 15 is 0 Å². The van der Waals surface area contributed by atoms with Gasteiger partial charge in [0.05, 0.1) is 25.9 Å². The lowest BCUT2D eigenvalue weighted by Gasteiger charge is -2.19. The van der Waals surface area contributed by atoms with Crippen molar-refractivity contribution in [3.8, 4) is 0 Å². The Kier molecular flexibility index (Phi) is 11.0. The maximum absolute atomic E-state index is 13.1. The molecule has 8 nitrogen and oxygen atoms in total. The van der Waals surface area contributed by atoms with Gasteiger partial charge in [-0.05, 0) is 44.7 Å². The zero-order valence-corrected chi connectivity index (χ0v) is 24.5. The van der Waals surface area contributed by atoms with Gasteiger partial charge in [-0.3, -0.25) is 4.57 Å². The van der Waals surface area contributed by atoms with Gasteiger partial charge in [-0.2, -0.15) is 0 Å². The normalized spacial score (nSPS) is 13.9. The number of rotatable bonds is 14. The van der Waals surface area contributed by atoms with Crippen LogP contribution in [0.4, 0.5) is 5.82 Å². The third kappa shape index (κ3) is 7.87. The molecule has 2 aromatic heterocycles. The second-order valence-corrected chi connectivity index (χ2v) is 13.5. The van der Waals surface area contributed by atoms with E-state index in [0.29, 0.717) is 32.6 Å². The Bertz CT molecular complexity index is 1190. The highest BCUT2D eigenvalue weighted by molar-refractivity contribution is 7.99. The van der Waals surface area contributed by atoms with E-state index in [1.54, 1.807) is 13.8 Å². The van der Waals surface area contributed by atoms with Crippen LogP contribution in [0.5, 0.6) is 0 Å². The van der Waals surface area contributed by atoms with Crippen LogP contribution in [0.3, 0.4) is 0 Å². The monoisotopic (exact) mass is 572 g/mol. The molecule has 2 heterocycles. The molecule has 2 unspecified atom stereocenters. The van der Waals surface area contributed by atoms with E-state index in [9.17, 15) is 9.67 Å². The van der Waals surface area contributed by atoms with Crippen molar-refractivity contribution in [3.63, 3.8) is 0 Å². The van der Waals surface area contributed by atoms with Gasteiger partial charge in [0.1, 0.15) is 15.9 Å². The van der Waals surface area contributed by atoms with Gasteiger partial charge in [-0.15, -0.1) is 11.3 Å². The van der Waals surface area contributed by atoms with Gasteiger partial charge >= 0.3 is 7.60 Å². The van der Waals surface area contributed by atoms with Crippen LogP contribution >= 0.6 is 42.3 Å². The summed E-state index contributed by atoms with van der Waals surface area (Å²) in [4.78, 5) is 14.2. The maximum atomic E-state index is 13.1.